The number of benzene rings is 3. The van der Waals surface area contributed by atoms with Crippen LogP contribution in [0.1, 0.15) is 89.3 Å². The first-order valence-corrected chi connectivity index (χ1v) is 12.3. The van der Waals surface area contributed by atoms with E-state index in [0.717, 1.165) is 56.1 Å². The Balaban J connectivity index is 1.85. The van der Waals surface area contributed by atoms with Crippen LogP contribution in [-0.4, -0.2) is 11.9 Å². The summed E-state index contributed by atoms with van der Waals surface area (Å²) in [6.07, 6.45) is 6.82. The second kappa shape index (κ2) is 11.1. The zero-order chi connectivity index (χ0) is 23.9. The summed E-state index contributed by atoms with van der Waals surface area (Å²) in [5.41, 5.74) is 4.04. The van der Waals surface area contributed by atoms with Gasteiger partial charge in [0.2, 0.25) is 0 Å². The molecule has 0 atom stereocenters. The molecule has 0 aliphatic heterocycles. The van der Waals surface area contributed by atoms with Gasteiger partial charge in [-0.05, 0) is 67.0 Å². The first-order chi connectivity index (χ1) is 16.6. The fourth-order valence-corrected chi connectivity index (χ4v) is 4.84. The molecule has 4 rings (SSSR count). The highest BCUT2D eigenvalue weighted by atomic mass is 16.6. The number of hydrogen-bond acceptors (Lipinski definition) is 4. The molecule has 0 N–H and O–H groups in total. The summed E-state index contributed by atoms with van der Waals surface area (Å²) in [6.45, 7) is 4.22. The van der Waals surface area contributed by atoms with Crippen molar-refractivity contribution < 1.29 is 19.1 Å². The lowest BCUT2D eigenvalue weighted by Crippen LogP contribution is -2.17. The molecule has 176 valence electrons. The molecule has 0 unspecified atom stereocenters. The van der Waals surface area contributed by atoms with Gasteiger partial charge in [-0.15, -0.1) is 0 Å². The van der Waals surface area contributed by atoms with Crippen molar-refractivity contribution >= 4 is 11.9 Å². The van der Waals surface area contributed by atoms with Crippen LogP contribution in [0, 0.1) is 0 Å². The third-order valence-electron chi connectivity index (χ3n) is 6.51. The van der Waals surface area contributed by atoms with Gasteiger partial charge in [0, 0.05) is 5.56 Å². The van der Waals surface area contributed by atoms with Gasteiger partial charge >= 0.3 is 11.9 Å². The largest absolute Gasteiger partial charge is 0.419 e. The number of esters is 2. The van der Waals surface area contributed by atoms with Crippen molar-refractivity contribution in [3.63, 3.8) is 0 Å². The van der Waals surface area contributed by atoms with Crippen LogP contribution in [-0.2, 0) is 12.8 Å². The molecule has 4 heteroatoms. The number of rotatable bonds is 8. The van der Waals surface area contributed by atoms with Gasteiger partial charge in [-0.3, -0.25) is 0 Å². The van der Waals surface area contributed by atoms with E-state index >= 15 is 0 Å². The molecule has 0 radical (unpaired) electrons. The van der Waals surface area contributed by atoms with Crippen LogP contribution in [0.3, 0.4) is 0 Å². The van der Waals surface area contributed by atoms with E-state index in [1.165, 1.54) is 5.56 Å². The van der Waals surface area contributed by atoms with Crippen molar-refractivity contribution in [2.24, 2.45) is 0 Å². The second-order valence-electron chi connectivity index (χ2n) is 8.86. The quantitative estimate of drug-likeness (QED) is 0.264. The third-order valence-corrected chi connectivity index (χ3v) is 6.51. The topological polar surface area (TPSA) is 52.6 Å². The predicted molar refractivity (Wildman–Crippen MR) is 134 cm³/mol. The van der Waals surface area contributed by atoms with Crippen LogP contribution in [0.5, 0.6) is 11.5 Å². The van der Waals surface area contributed by atoms with E-state index in [4.69, 9.17) is 9.47 Å². The summed E-state index contributed by atoms with van der Waals surface area (Å²) in [5, 5.41) is 0. The van der Waals surface area contributed by atoms with Crippen LogP contribution < -0.4 is 9.47 Å². The number of ether oxygens (including phenoxy) is 2. The smallest absolute Gasteiger partial charge is 0.343 e. The molecule has 1 saturated carbocycles. The molecule has 4 nitrogen and oxygen atoms in total. The van der Waals surface area contributed by atoms with Gasteiger partial charge in [-0.2, -0.15) is 0 Å². The Kier molecular flexibility index (Phi) is 7.79. The van der Waals surface area contributed by atoms with Gasteiger partial charge in [-0.25, -0.2) is 9.59 Å². The lowest BCUT2D eigenvalue weighted by Gasteiger charge is -2.24. The maximum atomic E-state index is 13.2. The minimum absolute atomic E-state index is 0.290. The van der Waals surface area contributed by atoms with Crippen LogP contribution in [0.25, 0.3) is 0 Å². The molecule has 0 heterocycles. The number of aryl methyl sites for hydroxylation is 2. The van der Waals surface area contributed by atoms with Gasteiger partial charge in [0.25, 0.3) is 0 Å². The minimum Gasteiger partial charge on any atom is -0.419 e. The molecule has 3 aromatic rings. The van der Waals surface area contributed by atoms with E-state index in [1.807, 2.05) is 36.4 Å². The van der Waals surface area contributed by atoms with Crippen molar-refractivity contribution in [3.05, 3.63) is 94.5 Å². The summed E-state index contributed by atoms with van der Waals surface area (Å²) in [7, 11) is 0. The third kappa shape index (κ3) is 5.22. The highest BCUT2D eigenvalue weighted by Gasteiger charge is 2.30. The molecular weight excluding hydrogens is 424 g/mol. The highest BCUT2D eigenvalue weighted by molar-refractivity contribution is 5.93. The Morgan fingerprint density at radius 2 is 1.29 bits per heavy atom. The molecule has 0 amide bonds. The fourth-order valence-electron chi connectivity index (χ4n) is 4.84. The standard InChI is InChI=1S/C30H32O4/c1-3-13-25-20-21(4-2)26(22-14-11-12-15-22)28(34-30(32)24-18-9-6-10-19-24)27(25)33-29(31)23-16-7-5-8-17-23/h5-10,16-20,22H,3-4,11-15H2,1-2H3. The molecule has 0 aromatic heterocycles. The van der Waals surface area contributed by atoms with Crippen LogP contribution >= 0.6 is 0 Å². The fraction of sp³-hybridized carbons (Fsp3) is 0.333. The molecule has 3 aromatic carbocycles. The van der Waals surface area contributed by atoms with Crippen LogP contribution in [0.15, 0.2) is 66.7 Å². The van der Waals surface area contributed by atoms with Crippen molar-refractivity contribution in [2.75, 3.05) is 0 Å². The molecule has 34 heavy (non-hydrogen) atoms. The van der Waals surface area contributed by atoms with E-state index in [9.17, 15) is 9.59 Å². The summed E-state index contributed by atoms with van der Waals surface area (Å²) in [4.78, 5) is 26.3. The highest BCUT2D eigenvalue weighted by Crippen LogP contribution is 2.47. The molecule has 0 bridgehead atoms. The zero-order valence-corrected chi connectivity index (χ0v) is 20.0. The molecule has 0 saturated heterocycles. The van der Waals surface area contributed by atoms with Gasteiger partial charge < -0.3 is 9.47 Å². The van der Waals surface area contributed by atoms with Crippen molar-refractivity contribution in [1.82, 2.24) is 0 Å². The first kappa shape index (κ1) is 23.7. The molecule has 1 aliphatic carbocycles. The number of carbonyl (C=O) groups excluding carboxylic acids is 2. The van der Waals surface area contributed by atoms with Gasteiger partial charge in [0.1, 0.15) is 0 Å². The second-order valence-corrected chi connectivity index (χ2v) is 8.86. The maximum Gasteiger partial charge on any atom is 0.343 e. The lowest BCUT2D eigenvalue weighted by molar-refractivity contribution is 0.0678. The van der Waals surface area contributed by atoms with Gasteiger partial charge in [0.05, 0.1) is 11.1 Å². The van der Waals surface area contributed by atoms with E-state index < -0.39 is 11.9 Å². The summed E-state index contributed by atoms with van der Waals surface area (Å²) < 4.78 is 12.2. The van der Waals surface area contributed by atoms with Gasteiger partial charge in [0.15, 0.2) is 11.5 Å². The number of hydrogen-bond donors (Lipinski definition) is 0. The Morgan fingerprint density at radius 3 is 1.79 bits per heavy atom. The average Bonchev–Trinajstić information content (AvgIpc) is 3.41. The van der Waals surface area contributed by atoms with Crippen molar-refractivity contribution in [3.8, 4) is 11.5 Å². The lowest BCUT2D eigenvalue weighted by atomic mass is 9.88. The minimum atomic E-state index is -0.448. The Hall–Kier alpha value is -3.40. The summed E-state index contributed by atoms with van der Waals surface area (Å²) >= 11 is 0. The van der Waals surface area contributed by atoms with E-state index in [0.29, 0.717) is 28.5 Å². The summed E-state index contributed by atoms with van der Waals surface area (Å²) in [5.74, 6) is 0.217. The first-order valence-electron chi connectivity index (χ1n) is 12.3. The van der Waals surface area contributed by atoms with Crippen molar-refractivity contribution in [2.45, 2.75) is 64.7 Å². The normalized spacial score (nSPS) is 13.6. The predicted octanol–water partition coefficient (Wildman–Crippen LogP) is 7.30. The molecular formula is C30H32O4. The molecule has 0 spiro atoms. The van der Waals surface area contributed by atoms with E-state index in [2.05, 4.69) is 19.9 Å². The van der Waals surface area contributed by atoms with Crippen LogP contribution in [0.2, 0.25) is 0 Å². The van der Waals surface area contributed by atoms with E-state index in [-0.39, 0.29) is 0 Å². The van der Waals surface area contributed by atoms with Crippen LogP contribution in [0.4, 0.5) is 0 Å². The Bertz CT molecular complexity index is 1130. The monoisotopic (exact) mass is 456 g/mol. The average molecular weight is 457 g/mol. The molecule has 1 aliphatic rings. The molecule has 1 fully saturated rings. The summed E-state index contributed by atoms with van der Waals surface area (Å²) in [6, 6.07) is 20.1. The maximum absolute atomic E-state index is 13.2. The van der Waals surface area contributed by atoms with Gasteiger partial charge in [-0.1, -0.05) is 75.6 Å². The Morgan fingerprint density at radius 1 is 0.765 bits per heavy atom. The van der Waals surface area contributed by atoms with E-state index in [1.54, 1.807) is 24.3 Å². The zero-order valence-electron chi connectivity index (χ0n) is 20.0. The SMILES string of the molecule is CCCc1cc(CC)c(C2CCCC2)c(OC(=O)c2ccccc2)c1OC(=O)c1ccccc1. The number of carbonyl (C=O) groups is 2. The Labute approximate surface area is 201 Å². The van der Waals surface area contributed by atoms with Crippen molar-refractivity contribution in [1.29, 1.82) is 0 Å².